The van der Waals surface area contributed by atoms with Crippen LogP contribution in [0.15, 0.2) is 0 Å². The van der Waals surface area contributed by atoms with Crippen LogP contribution in [0.5, 0.6) is 0 Å². The molecule has 70 valence electrons. The van der Waals surface area contributed by atoms with E-state index in [1.807, 2.05) is 11.9 Å². The quantitative estimate of drug-likeness (QED) is 0.378. The molecule has 0 aliphatic carbocycles. The van der Waals surface area contributed by atoms with E-state index >= 15 is 0 Å². The van der Waals surface area contributed by atoms with Gasteiger partial charge in [-0.15, -0.1) is 0 Å². The van der Waals surface area contributed by atoms with Gasteiger partial charge in [0.2, 0.25) is 0 Å². The second-order valence-corrected chi connectivity index (χ2v) is 7.05. The van der Waals surface area contributed by atoms with E-state index in [0.29, 0.717) is 0 Å². The molecule has 0 spiro atoms. The van der Waals surface area contributed by atoms with E-state index in [-0.39, 0.29) is 0 Å². The maximum absolute atomic E-state index is 8.27. The lowest BCUT2D eigenvalue weighted by Gasteiger charge is -2.21. The lowest BCUT2D eigenvalue weighted by molar-refractivity contribution is 0.249. The van der Waals surface area contributed by atoms with Gasteiger partial charge >= 0.3 is 8.56 Å². The molecule has 0 aliphatic heterocycles. The van der Waals surface area contributed by atoms with Gasteiger partial charge < -0.3 is 8.85 Å². The Morgan fingerprint density at radius 1 is 1.42 bits per heavy atom. The molecule has 0 saturated carbocycles. The third-order valence-electron chi connectivity index (χ3n) is 1.81. The summed E-state index contributed by atoms with van der Waals surface area (Å²) < 4.78 is 10.6. The molecule has 0 unspecified atom stereocenters. The molecule has 3 nitrogen and oxygen atoms in total. The van der Waals surface area contributed by atoms with Crippen LogP contribution in [0.4, 0.5) is 0 Å². The first-order valence-corrected chi connectivity index (χ1v) is 7.30. The van der Waals surface area contributed by atoms with Gasteiger partial charge in [-0.25, -0.2) is 0 Å². The van der Waals surface area contributed by atoms with Crippen LogP contribution < -0.4 is 0 Å². The van der Waals surface area contributed by atoms with E-state index in [0.717, 1.165) is 18.2 Å². The third kappa shape index (κ3) is 4.77. The summed E-state index contributed by atoms with van der Waals surface area (Å²) in [6, 6.07) is 0.953. The van der Waals surface area contributed by atoms with Crippen molar-refractivity contribution in [2.75, 3.05) is 20.0 Å². The van der Waals surface area contributed by atoms with Crippen molar-refractivity contribution >= 4 is 20.3 Å². The molecule has 0 saturated heterocycles. The fourth-order valence-electron chi connectivity index (χ4n) is 0.799. The highest BCUT2D eigenvalue weighted by Crippen LogP contribution is 2.15. The highest BCUT2D eigenvalue weighted by atomic mass is 32.2. The topological polar surface area (TPSA) is 42.2 Å². The van der Waals surface area contributed by atoms with Gasteiger partial charge in [0.1, 0.15) is 5.40 Å². The average Bonchev–Trinajstić information content (AvgIpc) is 2.12. The summed E-state index contributed by atoms with van der Waals surface area (Å²) in [6.07, 6.45) is 0.989. The molecule has 5 heteroatoms. The van der Waals surface area contributed by atoms with Crippen molar-refractivity contribution in [1.82, 2.24) is 0 Å². The van der Waals surface area contributed by atoms with Gasteiger partial charge in [0, 0.05) is 20.0 Å². The molecule has 0 aromatic rings. The highest BCUT2D eigenvalue weighted by Gasteiger charge is 2.27. The van der Waals surface area contributed by atoms with Crippen molar-refractivity contribution < 1.29 is 8.85 Å². The normalized spacial score (nSPS) is 11.2. The number of rotatable bonds is 6. The molecule has 0 N–H and O–H groups in total. The molecule has 0 aliphatic rings. The van der Waals surface area contributed by atoms with Crippen LogP contribution in [0.25, 0.3) is 0 Å². The molecule has 0 rings (SSSR count). The Hall–Kier alpha value is -0.0231. The van der Waals surface area contributed by atoms with E-state index in [4.69, 9.17) is 14.1 Å². The minimum absolute atomic E-state index is 0.867. The van der Waals surface area contributed by atoms with E-state index in [1.54, 1.807) is 14.2 Å². The molecular weight excluding hydrogens is 190 g/mol. The highest BCUT2D eigenvalue weighted by molar-refractivity contribution is 8.03. The van der Waals surface area contributed by atoms with Crippen molar-refractivity contribution in [2.45, 2.75) is 19.0 Å². The van der Waals surface area contributed by atoms with E-state index < -0.39 is 8.56 Å². The van der Waals surface area contributed by atoms with Crippen molar-refractivity contribution in [2.24, 2.45) is 0 Å². The predicted molar refractivity (Wildman–Crippen MR) is 53.1 cm³/mol. The zero-order valence-corrected chi connectivity index (χ0v) is 9.61. The number of thiocyanates is 1. The van der Waals surface area contributed by atoms with E-state index in [9.17, 15) is 0 Å². The minimum Gasteiger partial charge on any atom is -0.398 e. The van der Waals surface area contributed by atoms with Crippen molar-refractivity contribution in [3.05, 3.63) is 0 Å². The minimum atomic E-state index is -1.87. The zero-order valence-electron chi connectivity index (χ0n) is 7.79. The fourth-order valence-corrected chi connectivity index (χ4v) is 2.83. The van der Waals surface area contributed by atoms with Crippen LogP contribution in [-0.2, 0) is 8.85 Å². The molecule has 0 amide bonds. The number of nitrogens with zero attached hydrogens (tertiary/aromatic N) is 1. The van der Waals surface area contributed by atoms with Gasteiger partial charge in [-0.1, -0.05) is 0 Å². The molecule has 0 atom stereocenters. The Kier molecular flexibility index (Phi) is 6.48. The smallest absolute Gasteiger partial charge is 0.334 e. The monoisotopic (exact) mass is 205 g/mol. The summed E-state index contributed by atoms with van der Waals surface area (Å²) in [5.74, 6) is 0.867. The van der Waals surface area contributed by atoms with E-state index in [2.05, 4.69) is 0 Å². The van der Waals surface area contributed by atoms with Crippen LogP contribution in [0, 0.1) is 10.7 Å². The first-order chi connectivity index (χ1) is 5.68. The summed E-state index contributed by atoms with van der Waals surface area (Å²) in [4.78, 5) is 0. The van der Waals surface area contributed by atoms with Gasteiger partial charge in [0.15, 0.2) is 0 Å². The van der Waals surface area contributed by atoms with Gasteiger partial charge in [-0.3, -0.25) is 0 Å². The maximum atomic E-state index is 8.27. The lowest BCUT2D eigenvalue weighted by atomic mass is 10.6. The molecule has 0 fully saturated rings. The first kappa shape index (κ1) is 12.0. The molecule has 0 radical (unpaired) electrons. The third-order valence-corrected chi connectivity index (χ3v) is 5.42. The Balaban J connectivity index is 3.53. The molecule has 0 bridgehead atoms. The van der Waals surface area contributed by atoms with Crippen molar-refractivity contribution in [3.63, 3.8) is 0 Å². The number of thioether (sulfide) groups is 1. The fraction of sp³-hybridized carbons (Fsp3) is 0.857. The van der Waals surface area contributed by atoms with Crippen molar-refractivity contribution in [1.29, 1.82) is 5.26 Å². The Morgan fingerprint density at radius 2 is 2.00 bits per heavy atom. The van der Waals surface area contributed by atoms with Crippen LogP contribution in [0.1, 0.15) is 6.42 Å². The van der Waals surface area contributed by atoms with E-state index in [1.165, 1.54) is 11.8 Å². The number of hydrogen-bond acceptors (Lipinski definition) is 4. The molecular formula is C7H15NO2SSi. The molecule has 12 heavy (non-hydrogen) atoms. The lowest BCUT2D eigenvalue weighted by Crippen LogP contribution is -2.35. The largest absolute Gasteiger partial charge is 0.398 e. The summed E-state index contributed by atoms with van der Waals surface area (Å²) in [7, 11) is 1.51. The standard InChI is InChI=1S/C7H15NO2SSi/c1-9-12(3,10-2)6-4-5-11-7-8/h4-6H2,1-3H3. The Morgan fingerprint density at radius 3 is 2.42 bits per heavy atom. The summed E-state index contributed by atoms with van der Waals surface area (Å²) in [5, 5.41) is 10.3. The summed E-state index contributed by atoms with van der Waals surface area (Å²) >= 11 is 1.29. The molecule has 0 aromatic heterocycles. The SMILES string of the molecule is CO[Si](C)(CCCSC#N)OC. The second-order valence-electron chi connectivity index (χ2n) is 2.59. The predicted octanol–water partition coefficient (Wildman–Crippen LogP) is 1.96. The average molecular weight is 205 g/mol. The zero-order chi connectivity index (χ0) is 9.45. The Bertz CT molecular complexity index is 156. The maximum Gasteiger partial charge on any atom is 0.334 e. The van der Waals surface area contributed by atoms with Gasteiger partial charge in [0.05, 0.1) is 0 Å². The number of nitriles is 1. The summed E-state index contributed by atoms with van der Waals surface area (Å²) in [6.45, 7) is 2.03. The van der Waals surface area contributed by atoms with Gasteiger partial charge in [-0.2, -0.15) is 5.26 Å². The van der Waals surface area contributed by atoms with Crippen molar-refractivity contribution in [3.8, 4) is 5.40 Å². The first-order valence-electron chi connectivity index (χ1n) is 3.79. The second kappa shape index (κ2) is 6.49. The Labute approximate surface area is 79.3 Å². The van der Waals surface area contributed by atoms with Gasteiger partial charge in [-0.05, 0) is 30.8 Å². The van der Waals surface area contributed by atoms with Crippen LogP contribution in [0.3, 0.4) is 0 Å². The van der Waals surface area contributed by atoms with Crippen LogP contribution in [0.2, 0.25) is 12.6 Å². The summed E-state index contributed by atoms with van der Waals surface area (Å²) in [5.41, 5.74) is 0. The molecule has 0 heterocycles. The number of hydrogen-bond donors (Lipinski definition) is 0. The van der Waals surface area contributed by atoms with Crippen LogP contribution >= 0.6 is 11.8 Å². The van der Waals surface area contributed by atoms with Gasteiger partial charge in [0.25, 0.3) is 0 Å². The van der Waals surface area contributed by atoms with Crippen LogP contribution in [-0.4, -0.2) is 28.5 Å². The molecule has 0 aromatic carbocycles.